The molecule has 4 aromatic rings. The minimum absolute atomic E-state index is 0.103. The number of amides is 1. The van der Waals surface area contributed by atoms with Crippen LogP contribution in [0.25, 0.3) is 11.3 Å². The summed E-state index contributed by atoms with van der Waals surface area (Å²) in [7, 11) is 1.63. The molecule has 0 bridgehead atoms. The Morgan fingerprint density at radius 1 is 1.00 bits per heavy atom. The van der Waals surface area contributed by atoms with Crippen molar-refractivity contribution < 1.29 is 14.3 Å². The van der Waals surface area contributed by atoms with Gasteiger partial charge in [0.2, 0.25) is 0 Å². The van der Waals surface area contributed by atoms with Gasteiger partial charge in [0.05, 0.1) is 18.3 Å². The van der Waals surface area contributed by atoms with Crippen molar-refractivity contribution in [3.63, 3.8) is 0 Å². The van der Waals surface area contributed by atoms with Crippen LogP contribution in [0.5, 0.6) is 5.75 Å². The third-order valence-electron chi connectivity index (χ3n) is 6.07. The molecular weight excluding hydrogens is 485 g/mol. The van der Waals surface area contributed by atoms with Gasteiger partial charge in [0.1, 0.15) is 18.1 Å². The molecule has 178 valence electrons. The Bertz CT molecular complexity index is 1340. The number of aromatic nitrogens is 2. The van der Waals surface area contributed by atoms with Crippen LogP contribution in [0.2, 0.25) is 10.0 Å². The molecule has 1 aliphatic rings. The summed E-state index contributed by atoms with van der Waals surface area (Å²) >= 11 is 12.3. The number of nitrogens with one attached hydrogen (secondary N) is 1. The second-order valence-electron chi connectivity index (χ2n) is 8.21. The molecule has 0 saturated carbocycles. The molecule has 2 heterocycles. The van der Waals surface area contributed by atoms with Crippen molar-refractivity contribution in [2.45, 2.75) is 12.6 Å². The number of aromatic amines is 1. The van der Waals surface area contributed by atoms with Gasteiger partial charge in [0.25, 0.3) is 5.91 Å². The fourth-order valence-corrected chi connectivity index (χ4v) is 4.63. The van der Waals surface area contributed by atoms with Crippen molar-refractivity contribution >= 4 is 29.1 Å². The van der Waals surface area contributed by atoms with Crippen LogP contribution in [0.3, 0.4) is 0 Å². The van der Waals surface area contributed by atoms with Crippen molar-refractivity contribution in [3.8, 4) is 17.0 Å². The van der Waals surface area contributed by atoms with Crippen molar-refractivity contribution in [2.75, 3.05) is 20.3 Å². The molecule has 1 atom stereocenters. The number of fused-ring (bicyclic) bond motifs is 1. The van der Waals surface area contributed by atoms with Gasteiger partial charge in [-0.15, -0.1) is 0 Å². The summed E-state index contributed by atoms with van der Waals surface area (Å²) in [4.78, 5) is 15.1. The van der Waals surface area contributed by atoms with Crippen LogP contribution in [0.1, 0.15) is 33.2 Å². The maximum atomic E-state index is 13.3. The smallest absolute Gasteiger partial charge is 0.273 e. The Hall–Kier alpha value is -3.32. The maximum Gasteiger partial charge on any atom is 0.273 e. The Morgan fingerprint density at radius 2 is 1.74 bits per heavy atom. The summed E-state index contributed by atoms with van der Waals surface area (Å²) < 4.78 is 11.2. The van der Waals surface area contributed by atoms with Gasteiger partial charge in [-0.2, -0.15) is 5.10 Å². The third kappa shape index (κ3) is 4.65. The number of hydrogen-bond donors (Lipinski definition) is 1. The summed E-state index contributed by atoms with van der Waals surface area (Å²) in [5.41, 5.74) is 4.83. The number of halogens is 2. The molecule has 6 nitrogen and oxygen atoms in total. The van der Waals surface area contributed by atoms with Gasteiger partial charge >= 0.3 is 0 Å². The number of carbonyl (C=O) groups excluding carboxylic acids is 1. The first kappa shape index (κ1) is 23.4. The van der Waals surface area contributed by atoms with Crippen molar-refractivity contribution in [1.82, 2.24) is 15.1 Å². The predicted molar refractivity (Wildman–Crippen MR) is 136 cm³/mol. The number of rotatable bonds is 8. The van der Waals surface area contributed by atoms with Gasteiger partial charge in [-0.1, -0.05) is 65.7 Å². The minimum atomic E-state index is -0.310. The zero-order valence-electron chi connectivity index (χ0n) is 19.0. The molecule has 1 unspecified atom stereocenters. The highest BCUT2D eigenvalue weighted by molar-refractivity contribution is 6.31. The number of ether oxygens (including phenoxy) is 2. The predicted octanol–water partition coefficient (Wildman–Crippen LogP) is 6.15. The van der Waals surface area contributed by atoms with E-state index >= 15 is 0 Å². The summed E-state index contributed by atoms with van der Waals surface area (Å²) in [5.74, 6) is 0.612. The van der Waals surface area contributed by atoms with Gasteiger partial charge in [0, 0.05) is 40.4 Å². The number of nitrogens with zero attached hydrogens (tertiary/aromatic N) is 2. The highest BCUT2D eigenvalue weighted by atomic mass is 35.5. The number of hydrogen-bond acceptors (Lipinski definition) is 4. The highest BCUT2D eigenvalue weighted by Gasteiger charge is 2.41. The van der Waals surface area contributed by atoms with E-state index in [0.29, 0.717) is 41.2 Å². The first-order valence-electron chi connectivity index (χ1n) is 11.2. The summed E-state index contributed by atoms with van der Waals surface area (Å²) in [6.45, 7) is 1.25. The quantitative estimate of drug-likeness (QED) is 0.310. The molecular formula is C27H23Cl2N3O3. The number of H-pyrrole nitrogens is 1. The average molecular weight is 508 g/mol. The molecule has 1 aromatic heterocycles. The third-order valence-corrected chi connectivity index (χ3v) is 6.69. The summed E-state index contributed by atoms with van der Waals surface area (Å²) in [5, 5.41) is 8.75. The molecule has 5 rings (SSSR count). The SMILES string of the molecule is COCCN1C(=O)c2[nH]nc(-c3ccc(Cl)cc3)c2C1c1ccc(OCc2ccccc2Cl)cc1. The molecule has 35 heavy (non-hydrogen) atoms. The molecule has 1 amide bonds. The lowest BCUT2D eigenvalue weighted by molar-refractivity contribution is 0.0677. The lowest BCUT2D eigenvalue weighted by Crippen LogP contribution is -2.32. The molecule has 1 aliphatic heterocycles. The Labute approximate surface area is 213 Å². The van der Waals surface area contributed by atoms with Crippen LogP contribution in [-0.2, 0) is 11.3 Å². The first-order chi connectivity index (χ1) is 17.1. The molecule has 0 spiro atoms. The summed E-state index contributed by atoms with van der Waals surface area (Å²) in [6, 6.07) is 22.5. The van der Waals surface area contributed by atoms with E-state index in [1.807, 2.05) is 77.7 Å². The van der Waals surface area contributed by atoms with Crippen LogP contribution < -0.4 is 4.74 Å². The van der Waals surface area contributed by atoms with Crippen molar-refractivity contribution in [1.29, 1.82) is 0 Å². The number of methoxy groups -OCH3 is 1. The standard InChI is InChI=1S/C27H23Cl2N3O3/c1-34-15-14-32-26(18-8-12-21(13-9-18)35-16-19-4-2-3-5-22(19)29)23-24(30-31-25(23)27(32)33)17-6-10-20(28)11-7-17/h2-13,26H,14-16H2,1H3,(H,30,31). The Balaban J connectivity index is 1.46. The van der Waals surface area contributed by atoms with E-state index in [1.165, 1.54) is 0 Å². The van der Waals surface area contributed by atoms with Gasteiger partial charge in [0.15, 0.2) is 0 Å². The van der Waals surface area contributed by atoms with E-state index in [0.717, 1.165) is 27.9 Å². The molecule has 1 N–H and O–H groups in total. The van der Waals surface area contributed by atoms with Gasteiger partial charge in [-0.05, 0) is 35.9 Å². The van der Waals surface area contributed by atoms with Crippen LogP contribution in [0.4, 0.5) is 0 Å². The van der Waals surface area contributed by atoms with Crippen LogP contribution in [0.15, 0.2) is 72.8 Å². The first-order valence-corrected chi connectivity index (χ1v) is 11.9. The fourth-order valence-electron chi connectivity index (χ4n) is 4.31. The molecule has 0 fully saturated rings. The number of benzene rings is 3. The molecule has 0 saturated heterocycles. The van der Waals surface area contributed by atoms with Crippen molar-refractivity contribution in [3.05, 3.63) is 105 Å². The lowest BCUT2D eigenvalue weighted by atomic mass is 9.96. The molecule has 8 heteroatoms. The van der Waals surface area contributed by atoms with E-state index in [4.69, 9.17) is 32.7 Å². The zero-order valence-corrected chi connectivity index (χ0v) is 20.5. The maximum absolute atomic E-state index is 13.3. The van der Waals surface area contributed by atoms with Crippen LogP contribution in [0, 0.1) is 0 Å². The van der Waals surface area contributed by atoms with Gasteiger partial charge in [-0.3, -0.25) is 9.89 Å². The van der Waals surface area contributed by atoms with Crippen molar-refractivity contribution in [2.24, 2.45) is 0 Å². The second kappa shape index (κ2) is 10.1. The zero-order chi connectivity index (χ0) is 24.4. The average Bonchev–Trinajstić information content (AvgIpc) is 3.42. The normalized spacial score (nSPS) is 14.9. The summed E-state index contributed by atoms with van der Waals surface area (Å²) in [6.07, 6.45) is 0. The highest BCUT2D eigenvalue weighted by Crippen LogP contribution is 2.43. The fraction of sp³-hybridized carbons (Fsp3) is 0.185. The van der Waals surface area contributed by atoms with E-state index in [1.54, 1.807) is 7.11 Å². The van der Waals surface area contributed by atoms with E-state index < -0.39 is 0 Å². The lowest BCUT2D eigenvalue weighted by Gasteiger charge is -2.26. The van der Waals surface area contributed by atoms with Gasteiger partial charge < -0.3 is 14.4 Å². The van der Waals surface area contributed by atoms with Crippen LogP contribution >= 0.6 is 23.2 Å². The topological polar surface area (TPSA) is 67.5 Å². The monoisotopic (exact) mass is 507 g/mol. The van der Waals surface area contributed by atoms with Crippen LogP contribution in [-0.4, -0.2) is 41.3 Å². The number of carbonyl (C=O) groups is 1. The second-order valence-corrected chi connectivity index (χ2v) is 9.05. The van der Waals surface area contributed by atoms with Gasteiger partial charge in [-0.25, -0.2) is 0 Å². The molecule has 0 aliphatic carbocycles. The van der Waals surface area contributed by atoms with E-state index in [2.05, 4.69) is 10.2 Å². The molecule has 3 aromatic carbocycles. The van der Waals surface area contributed by atoms with E-state index in [9.17, 15) is 4.79 Å². The van der Waals surface area contributed by atoms with E-state index in [-0.39, 0.29) is 11.9 Å². The Kier molecular flexibility index (Phi) is 6.77. The largest absolute Gasteiger partial charge is 0.489 e. The Morgan fingerprint density at radius 3 is 2.46 bits per heavy atom. The molecule has 0 radical (unpaired) electrons. The minimum Gasteiger partial charge on any atom is -0.489 e.